The van der Waals surface area contributed by atoms with Crippen molar-refractivity contribution in [1.82, 2.24) is 4.90 Å². The average Bonchev–Trinajstić information content (AvgIpc) is 2.69. The van der Waals surface area contributed by atoms with Gasteiger partial charge in [0.1, 0.15) is 0 Å². The molecule has 0 aromatic heterocycles. The van der Waals surface area contributed by atoms with Crippen molar-refractivity contribution in [3.63, 3.8) is 0 Å². The maximum atomic E-state index is 11.8. The van der Waals surface area contributed by atoms with E-state index >= 15 is 0 Å². The third-order valence-electron chi connectivity index (χ3n) is 2.98. The Kier molecular flexibility index (Phi) is 2.88. The van der Waals surface area contributed by atoms with Crippen molar-refractivity contribution < 1.29 is 14.7 Å². The largest absolute Gasteiger partial charge is 0.478 e. The normalized spacial score (nSPS) is 13.9. The molecule has 0 radical (unpaired) electrons. The minimum atomic E-state index is -0.929. The Morgan fingerprint density at radius 1 is 1.24 bits per heavy atom. The summed E-state index contributed by atoms with van der Waals surface area (Å²) < 4.78 is 0. The second kappa shape index (κ2) is 4.20. The Balaban J connectivity index is 2.22. The van der Waals surface area contributed by atoms with Gasteiger partial charge in [-0.25, -0.2) is 4.79 Å². The Bertz CT molecular complexity index is 480. The van der Waals surface area contributed by atoms with Crippen LogP contribution in [0.5, 0.6) is 0 Å². The molecule has 1 heterocycles. The Morgan fingerprint density at radius 3 is 2.47 bits per heavy atom. The summed E-state index contributed by atoms with van der Waals surface area (Å²) in [7, 11) is 0. The maximum Gasteiger partial charge on any atom is 0.335 e. The van der Waals surface area contributed by atoms with Crippen LogP contribution in [0.3, 0.4) is 0 Å². The van der Waals surface area contributed by atoms with Crippen molar-refractivity contribution in [2.24, 2.45) is 5.92 Å². The molecule has 0 atom stereocenters. The zero-order valence-electron chi connectivity index (χ0n) is 9.93. The van der Waals surface area contributed by atoms with E-state index in [1.165, 1.54) is 0 Å². The van der Waals surface area contributed by atoms with Crippen LogP contribution in [0.4, 0.5) is 0 Å². The fourth-order valence-electron chi connectivity index (χ4n) is 2.05. The van der Waals surface area contributed by atoms with E-state index in [2.05, 4.69) is 0 Å². The third-order valence-corrected chi connectivity index (χ3v) is 2.98. The number of hydrogen-bond donors (Lipinski definition) is 1. The van der Waals surface area contributed by atoms with Gasteiger partial charge < -0.3 is 10.0 Å². The lowest BCUT2D eigenvalue weighted by atomic mass is 10.1. The van der Waals surface area contributed by atoms with Gasteiger partial charge in [0.25, 0.3) is 0 Å². The molecule has 1 aliphatic heterocycles. The minimum absolute atomic E-state index is 0.0248. The molecule has 0 unspecified atom stereocenters. The van der Waals surface area contributed by atoms with Gasteiger partial charge in [0.15, 0.2) is 0 Å². The van der Waals surface area contributed by atoms with E-state index in [-0.39, 0.29) is 17.4 Å². The predicted molar refractivity (Wildman–Crippen MR) is 62.5 cm³/mol. The smallest absolute Gasteiger partial charge is 0.335 e. The first-order valence-electron chi connectivity index (χ1n) is 5.63. The van der Waals surface area contributed by atoms with Crippen LogP contribution >= 0.6 is 0 Å². The molecule has 0 bridgehead atoms. The van der Waals surface area contributed by atoms with Crippen LogP contribution in [0.2, 0.25) is 0 Å². The Hall–Kier alpha value is -1.84. The van der Waals surface area contributed by atoms with Crippen LogP contribution in [0.25, 0.3) is 0 Å². The van der Waals surface area contributed by atoms with Gasteiger partial charge >= 0.3 is 5.97 Å². The van der Waals surface area contributed by atoms with E-state index in [0.717, 1.165) is 11.1 Å². The van der Waals surface area contributed by atoms with Crippen LogP contribution < -0.4 is 0 Å². The maximum absolute atomic E-state index is 11.8. The van der Waals surface area contributed by atoms with Crippen molar-refractivity contribution >= 4 is 11.9 Å². The molecule has 4 nitrogen and oxygen atoms in total. The fraction of sp³-hybridized carbons (Fsp3) is 0.385. The van der Waals surface area contributed by atoms with Crippen LogP contribution in [0, 0.1) is 5.92 Å². The third kappa shape index (κ3) is 2.16. The SMILES string of the molecule is CC(C)C(=O)N1Cc2ccc(C(=O)O)cc2C1. The van der Waals surface area contributed by atoms with E-state index in [1.54, 1.807) is 23.1 Å². The molecule has 1 aromatic rings. The number of rotatable bonds is 2. The molecule has 0 fully saturated rings. The highest BCUT2D eigenvalue weighted by Crippen LogP contribution is 2.25. The number of carbonyl (C=O) groups excluding carboxylic acids is 1. The summed E-state index contributed by atoms with van der Waals surface area (Å²) in [5.74, 6) is -0.845. The summed E-state index contributed by atoms with van der Waals surface area (Å²) in [6.07, 6.45) is 0. The first-order valence-corrected chi connectivity index (χ1v) is 5.63. The first-order chi connectivity index (χ1) is 7.99. The molecule has 4 heteroatoms. The molecule has 0 aliphatic carbocycles. The number of carboxylic acid groups (broad SMARTS) is 1. The molecule has 0 saturated carbocycles. The minimum Gasteiger partial charge on any atom is -0.478 e. The summed E-state index contributed by atoms with van der Waals surface area (Å²) in [6.45, 7) is 4.85. The molecule has 1 aromatic carbocycles. The van der Waals surface area contributed by atoms with E-state index in [0.29, 0.717) is 13.1 Å². The fourth-order valence-corrected chi connectivity index (χ4v) is 2.05. The van der Waals surface area contributed by atoms with Gasteiger partial charge in [-0.15, -0.1) is 0 Å². The van der Waals surface area contributed by atoms with E-state index in [4.69, 9.17) is 5.11 Å². The molecular formula is C13H15NO3. The second-order valence-electron chi connectivity index (χ2n) is 4.64. The zero-order chi connectivity index (χ0) is 12.6. The van der Waals surface area contributed by atoms with Gasteiger partial charge in [0.05, 0.1) is 5.56 Å². The summed E-state index contributed by atoms with van der Waals surface area (Å²) in [5.41, 5.74) is 2.27. The number of hydrogen-bond acceptors (Lipinski definition) is 2. The lowest BCUT2D eigenvalue weighted by Crippen LogP contribution is -2.29. The number of benzene rings is 1. The summed E-state index contributed by atoms with van der Waals surface area (Å²) in [5, 5.41) is 8.90. The number of fused-ring (bicyclic) bond motifs is 1. The highest BCUT2D eigenvalue weighted by atomic mass is 16.4. The highest BCUT2D eigenvalue weighted by molar-refractivity contribution is 5.88. The summed E-state index contributed by atoms with van der Waals surface area (Å²) >= 11 is 0. The molecule has 0 saturated heterocycles. The molecule has 1 N–H and O–H groups in total. The molecule has 1 amide bonds. The topological polar surface area (TPSA) is 57.6 Å². The number of aromatic carboxylic acids is 1. The van der Waals surface area contributed by atoms with Crippen LogP contribution in [0.1, 0.15) is 35.3 Å². The van der Waals surface area contributed by atoms with Gasteiger partial charge in [-0.3, -0.25) is 4.79 Å². The monoisotopic (exact) mass is 233 g/mol. The van der Waals surface area contributed by atoms with Crippen LogP contribution in [-0.4, -0.2) is 21.9 Å². The van der Waals surface area contributed by atoms with Crippen molar-refractivity contribution in [2.75, 3.05) is 0 Å². The number of nitrogens with zero attached hydrogens (tertiary/aromatic N) is 1. The van der Waals surface area contributed by atoms with Crippen molar-refractivity contribution in [1.29, 1.82) is 0 Å². The van der Waals surface area contributed by atoms with Gasteiger partial charge in [-0.1, -0.05) is 19.9 Å². The van der Waals surface area contributed by atoms with Gasteiger partial charge in [-0.05, 0) is 23.3 Å². The molecule has 2 rings (SSSR count). The molecule has 90 valence electrons. The molecule has 1 aliphatic rings. The van der Waals surface area contributed by atoms with Crippen LogP contribution in [-0.2, 0) is 17.9 Å². The summed E-state index contributed by atoms with van der Waals surface area (Å²) in [6, 6.07) is 5.04. The van der Waals surface area contributed by atoms with Crippen LogP contribution in [0.15, 0.2) is 18.2 Å². The molecule has 0 spiro atoms. The Labute approximate surface area is 99.9 Å². The highest BCUT2D eigenvalue weighted by Gasteiger charge is 2.25. The average molecular weight is 233 g/mol. The van der Waals surface area contributed by atoms with Gasteiger partial charge in [-0.2, -0.15) is 0 Å². The standard InChI is InChI=1S/C13H15NO3/c1-8(2)12(15)14-6-10-4-3-9(13(16)17)5-11(10)7-14/h3-5,8H,6-7H2,1-2H3,(H,16,17). The number of carbonyl (C=O) groups is 2. The van der Waals surface area contributed by atoms with E-state index < -0.39 is 5.97 Å². The quantitative estimate of drug-likeness (QED) is 0.848. The van der Waals surface area contributed by atoms with Crippen molar-refractivity contribution in [2.45, 2.75) is 26.9 Å². The van der Waals surface area contributed by atoms with Gasteiger partial charge in [0.2, 0.25) is 5.91 Å². The van der Waals surface area contributed by atoms with Gasteiger partial charge in [0, 0.05) is 19.0 Å². The Morgan fingerprint density at radius 2 is 1.88 bits per heavy atom. The van der Waals surface area contributed by atoms with Crippen molar-refractivity contribution in [3.8, 4) is 0 Å². The number of amides is 1. The lowest BCUT2D eigenvalue weighted by Gasteiger charge is -2.17. The first kappa shape index (κ1) is 11.6. The summed E-state index contributed by atoms with van der Waals surface area (Å²) in [4.78, 5) is 24.5. The zero-order valence-corrected chi connectivity index (χ0v) is 9.93. The molecule has 17 heavy (non-hydrogen) atoms. The lowest BCUT2D eigenvalue weighted by molar-refractivity contribution is -0.135. The second-order valence-corrected chi connectivity index (χ2v) is 4.64. The van der Waals surface area contributed by atoms with Crippen molar-refractivity contribution in [3.05, 3.63) is 34.9 Å². The van der Waals surface area contributed by atoms with E-state index in [1.807, 2.05) is 13.8 Å². The molecular weight excluding hydrogens is 218 g/mol. The van der Waals surface area contributed by atoms with E-state index in [9.17, 15) is 9.59 Å². The number of carboxylic acids is 1. The predicted octanol–water partition coefficient (Wildman–Crippen LogP) is 1.88.